The van der Waals surface area contributed by atoms with Crippen LogP contribution < -0.4 is 15.5 Å². The van der Waals surface area contributed by atoms with Crippen LogP contribution in [0.5, 0.6) is 0 Å². The summed E-state index contributed by atoms with van der Waals surface area (Å²) >= 11 is 6.18. The Labute approximate surface area is 192 Å². The number of imide groups is 1. The first kappa shape index (κ1) is 22.1. The van der Waals surface area contributed by atoms with Crippen molar-refractivity contribution in [1.29, 1.82) is 0 Å². The first-order valence-electron chi connectivity index (χ1n) is 11.0. The lowest BCUT2D eigenvalue weighted by Gasteiger charge is -2.30. The van der Waals surface area contributed by atoms with Crippen LogP contribution in [0.2, 0.25) is 5.02 Å². The molecule has 2 aliphatic rings. The Balaban J connectivity index is 1.52. The van der Waals surface area contributed by atoms with Gasteiger partial charge in [-0.2, -0.15) is 0 Å². The van der Waals surface area contributed by atoms with E-state index >= 15 is 0 Å². The van der Waals surface area contributed by atoms with Crippen molar-refractivity contribution in [1.82, 2.24) is 10.2 Å². The molecule has 0 radical (unpaired) electrons. The summed E-state index contributed by atoms with van der Waals surface area (Å²) in [4.78, 5) is 42.0. The van der Waals surface area contributed by atoms with Gasteiger partial charge >= 0.3 is 6.03 Å². The monoisotopic (exact) mass is 454 g/mol. The fourth-order valence-electron chi connectivity index (χ4n) is 4.48. The second-order valence-corrected chi connectivity index (χ2v) is 8.64. The molecule has 2 aliphatic heterocycles. The van der Waals surface area contributed by atoms with Crippen LogP contribution in [0, 0.1) is 0 Å². The van der Waals surface area contributed by atoms with Crippen LogP contribution in [0.4, 0.5) is 16.2 Å². The summed E-state index contributed by atoms with van der Waals surface area (Å²) in [5, 5.41) is 6.17. The molecule has 32 heavy (non-hydrogen) atoms. The van der Waals surface area contributed by atoms with Crippen LogP contribution >= 0.6 is 11.6 Å². The van der Waals surface area contributed by atoms with E-state index in [1.807, 2.05) is 43.3 Å². The molecule has 0 aliphatic carbocycles. The Bertz CT molecular complexity index is 1020. The molecule has 0 unspecified atom stereocenters. The van der Waals surface area contributed by atoms with Crippen LogP contribution in [0.25, 0.3) is 0 Å². The summed E-state index contributed by atoms with van der Waals surface area (Å²) in [6.45, 7) is 3.29. The Morgan fingerprint density at radius 2 is 1.81 bits per heavy atom. The molecule has 2 N–H and O–H groups in total. The van der Waals surface area contributed by atoms with E-state index in [1.165, 1.54) is 6.42 Å². The lowest BCUT2D eigenvalue weighted by Crippen LogP contribution is -2.44. The molecule has 2 aromatic rings. The predicted octanol–water partition coefficient (Wildman–Crippen LogP) is 4.13. The van der Waals surface area contributed by atoms with E-state index in [4.69, 9.17) is 11.6 Å². The second kappa shape index (κ2) is 9.20. The number of hydrogen-bond acceptors (Lipinski definition) is 4. The number of nitrogens with one attached hydrogen (secondary N) is 2. The highest BCUT2D eigenvalue weighted by Crippen LogP contribution is 2.33. The minimum absolute atomic E-state index is 0.370. The minimum atomic E-state index is -1.16. The van der Waals surface area contributed by atoms with Crippen LogP contribution in [0.15, 0.2) is 48.5 Å². The summed E-state index contributed by atoms with van der Waals surface area (Å²) < 4.78 is 0. The van der Waals surface area contributed by atoms with Gasteiger partial charge in [0.2, 0.25) is 5.91 Å². The zero-order chi connectivity index (χ0) is 22.7. The van der Waals surface area contributed by atoms with Gasteiger partial charge in [0.1, 0.15) is 12.1 Å². The number of carbonyl (C=O) groups is 3. The normalized spacial score (nSPS) is 20.9. The molecule has 168 valence electrons. The molecule has 1 atom stereocenters. The molecule has 2 heterocycles. The predicted molar refractivity (Wildman–Crippen MR) is 125 cm³/mol. The fourth-order valence-corrected chi connectivity index (χ4v) is 4.66. The van der Waals surface area contributed by atoms with Crippen LogP contribution in [-0.2, 0) is 15.1 Å². The molecule has 0 spiro atoms. The largest absolute Gasteiger partial charge is 0.370 e. The van der Waals surface area contributed by atoms with Crippen molar-refractivity contribution >= 4 is 40.8 Å². The SMILES string of the molecule is CC[C@]1(c2ccccc2)NC(=O)N(CC(=O)Nc2cc(Cl)ccc2N2CCCCC2)C1=O. The van der Waals surface area contributed by atoms with Gasteiger partial charge in [0.25, 0.3) is 5.91 Å². The van der Waals surface area contributed by atoms with Crippen molar-refractivity contribution in [2.24, 2.45) is 0 Å². The maximum Gasteiger partial charge on any atom is 0.325 e. The van der Waals surface area contributed by atoms with E-state index in [0.29, 0.717) is 22.7 Å². The summed E-state index contributed by atoms with van der Waals surface area (Å²) in [7, 11) is 0. The van der Waals surface area contributed by atoms with Crippen molar-refractivity contribution < 1.29 is 14.4 Å². The highest BCUT2D eigenvalue weighted by Gasteiger charge is 2.51. The van der Waals surface area contributed by atoms with E-state index in [2.05, 4.69) is 15.5 Å². The molecule has 0 saturated carbocycles. The lowest BCUT2D eigenvalue weighted by atomic mass is 9.87. The van der Waals surface area contributed by atoms with E-state index in [0.717, 1.165) is 36.5 Å². The molecule has 8 heteroatoms. The molecular formula is C24H27ClN4O3. The molecular weight excluding hydrogens is 428 g/mol. The number of hydrogen-bond donors (Lipinski definition) is 2. The van der Waals surface area contributed by atoms with E-state index in [-0.39, 0.29) is 6.54 Å². The van der Waals surface area contributed by atoms with Crippen molar-refractivity contribution in [3.8, 4) is 0 Å². The first-order chi connectivity index (χ1) is 15.4. The highest BCUT2D eigenvalue weighted by molar-refractivity contribution is 6.31. The fraction of sp³-hybridized carbons (Fsp3) is 0.375. The Kier molecular flexibility index (Phi) is 6.37. The molecule has 2 aromatic carbocycles. The number of urea groups is 1. The average Bonchev–Trinajstić information content (AvgIpc) is 3.05. The number of anilines is 2. The smallest absolute Gasteiger partial charge is 0.325 e. The standard InChI is InChI=1S/C24H27ClN4O3/c1-2-24(17-9-5-3-6-10-17)22(31)29(23(32)27-24)16-21(30)26-19-15-18(25)11-12-20(19)28-13-7-4-8-14-28/h3,5-6,9-12,15H,2,4,7-8,13-14,16H2,1H3,(H,26,30)(H,27,32)/t24-/m1/s1. The maximum atomic E-state index is 13.3. The zero-order valence-corrected chi connectivity index (χ0v) is 18.8. The number of carbonyl (C=O) groups excluding carboxylic acids is 3. The van der Waals surface area contributed by atoms with Crippen LogP contribution in [0.3, 0.4) is 0 Å². The lowest BCUT2D eigenvalue weighted by molar-refractivity contribution is -0.134. The number of benzene rings is 2. The molecule has 4 rings (SSSR count). The Morgan fingerprint density at radius 1 is 1.09 bits per heavy atom. The number of amides is 4. The second-order valence-electron chi connectivity index (χ2n) is 8.20. The number of nitrogens with zero attached hydrogens (tertiary/aromatic N) is 2. The molecule has 4 amide bonds. The Morgan fingerprint density at radius 3 is 2.50 bits per heavy atom. The summed E-state index contributed by atoms with van der Waals surface area (Å²) in [6.07, 6.45) is 3.76. The topological polar surface area (TPSA) is 81.8 Å². The number of rotatable bonds is 6. The van der Waals surface area contributed by atoms with Gasteiger partial charge in [0.15, 0.2) is 0 Å². The summed E-state index contributed by atoms with van der Waals surface area (Å²) in [6, 6.07) is 13.9. The maximum absolute atomic E-state index is 13.3. The number of halogens is 1. The molecule has 2 fully saturated rings. The average molecular weight is 455 g/mol. The minimum Gasteiger partial charge on any atom is -0.370 e. The van der Waals surface area contributed by atoms with Gasteiger partial charge in [0, 0.05) is 18.1 Å². The van der Waals surface area contributed by atoms with Crippen molar-refractivity contribution in [3.05, 3.63) is 59.1 Å². The third kappa shape index (κ3) is 4.17. The van der Waals surface area contributed by atoms with Crippen molar-refractivity contribution in [2.45, 2.75) is 38.1 Å². The molecule has 0 bridgehead atoms. The van der Waals surface area contributed by atoms with Gasteiger partial charge < -0.3 is 15.5 Å². The van der Waals surface area contributed by atoms with Crippen molar-refractivity contribution in [3.63, 3.8) is 0 Å². The van der Waals surface area contributed by atoms with Gasteiger partial charge in [-0.1, -0.05) is 48.9 Å². The van der Waals surface area contributed by atoms with E-state index < -0.39 is 23.4 Å². The van der Waals surface area contributed by atoms with Crippen molar-refractivity contribution in [2.75, 3.05) is 29.9 Å². The number of piperidine rings is 1. The first-order valence-corrected chi connectivity index (χ1v) is 11.4. The van der Waals surface area contributed by atoms with Gasteiger partial charge in [-0.3, -0.25) is 14.5 Å². The van der Waals surface area contributed by atoms with Gasteiger partial charge in [0.05, 0.1) is 11.4 Å². The zero-order valence-electron chi connectivity index (χ0n) is 18.1. The summed E-state index contributed by atoms with van der Waals surface area (Å²) in [5.41, 5.74) is 1.02. The van der Waals surface area contributed by atoms with Gasteiger partial charge in [-0.05, 0) is 49.4 Å². The van der Waals surface area contributed by atoms with Gasteiger partial charge in [-0.15, -0.1) is 0 Å². The van der Waals surface area contributed by atoms with Crippen LogP contribution in [0.1, 0.15) is 38.2 Å². The van der Waals surface area contributed by atoms with E-state index in [1.54, 1.807) is 12.1 Å². The highest BCUT2D eigenvalue weighted by atomic mass is 35.5. The third-order valence-corrected chi connectivity index (χ3v) is 6.44. The van der Waals surface area contributed by atoms with E-state index in [9.17, 15) is 14.4 Å². The van der Waals surface area contributed by atoms with Crippen LogP contribution in [-0.4, -0.2) is 42.4 Å². The molecule has 2 saturated heterocycles. The Hall–Kier alpha value is -3.06. The quantitative estimate of drug-likeness (QED) is 0.643. The van der Waals surface area contributed by atoms with Gasteiger partial charge in [-0.25, -0.2) is 4.79 Å². The molecule has 0 aromatic heterocycles. The third-order valence-electron chi connectivity index (χ3n) is 6.20. The molecule has 7 nitrogen and oxygen atoms in total. The summed E-state index contributed by atoms with van der Waals surface area (Å²) in [5.74, 6) is -0.873.